The molecule has 1 aromatic rings. The molecule has 0 saturated heterocycles. The van der Waals surface area contributed by atoms with Gasteiger partial charge in [-0.3, -0.25) is 4.79 Å². The van der Waals surface area contributed by atoms with Crippen LogP contribution in [-0.4, -0.2) is 10.2 Å². The minimum Gasteiger partial charge on any atom is -0.268 e. The van der Waals surface area contributed by atoms with E-state index in [0.29, 0.717) is 0 Å². The number of hydrogen-bond donors (Lipinski definition) is 1. The van der Waals surface area contributed by atoms with E-state index in [-0.39, 0.29) is 30.4 Å². The summed E-state index contributed by atoms with van der Waals surface area (Å²) in [6, 6.07) is 2.99. The van der Waals surface area contributed by atoms with Gasteiger partial charge in [-0.1, -0.05) is 0 Å². The molecule has 0 unspecified atom stereocenters. The molecule has 0 atom stereocenters. The van der Waals surface area contributed by atoms with Crippen LogP contribution in [0.2, 0.25) is 0 Å². The lowest BCUT2D eigenvalue weighted by Gasteiger charge is -1.72. The van der Waals surface area contributed by atoms with Crippen molar-refractivity contribution >= 4 is 24.8 Å². The monoisotopic (exact) mass is 168 g/mol. The molecule has 9 heavy (non-hydrogen) atoms. The molecule has 0 aliphatic carbocycles. The first-order valence-corrected chi connectivity index (χ1v) is 1.89. The summed E-state index contributed by atoms with van der Waals surface area (Å²) in [7, 11) is 0. The van der Waals surface area contributed by atoms with Crippen LogP contribution in [0, 0.1) is 0 Å². The molecule has 5 heteroatoms. The predicted octanol–water partition coefficient (Wildman–Crippen LogP) is 0.613. The second kappa shape index (κ2) is 5.59. The number of nitrogens with one attached hydrogen (secondary N) is 1. The smallest absolute Gasteiger partial charge is 0.264 e. The molecule has 0 bridgehead atoms. The van der Waals surface area contributed by atoms with Gasteiger partial charge in [0.05, 0.1) is 0 Å². The van der Waals surface area contributed by atoms with Gasteiger partial charge in [0, 0.05) is 12.3 Å². The Morgan fingerprint density at radius 2 is 2.11 bits per heavy atom. The van der Waals surface area contributed by atoms with Crippen LogP contribution in [0.5, 0.6) is 0 Å². The zero-order valence-corrected chi connectivity index (χ0v) is 6.04. The molecule has 0 saturated carbocycles. The van der Waals surface area contributed by atoms with Crippen LogP contribution < -0.4 is 5.56 Å². The Labute approximate surface area is 64.3 Å². The standard InChI is InChI=1S/C4H4N2O.2ClH/c7-4-2-1-3-5-6-4;;/h1-3H,(H,6,7);2*1H. The van der Waals surface area contributed by atoms with Gasteiger partial charge in [-0.05, 0) is 6.07 Å². The van der Waals surface area contributed by atoms with Crippen molar-refractivity contribution in [2.75, 3.05) is 0 Å². The topological polar surface area (TPSA) is 45.8 Å². The molecule has 52 valence electrons. The summed E-state index contributed by atoms with van der Waals surface area (Å²) < 4.78 is 0. The fraction of sp³-hybridized carbons (Fsp3) is 0. The van der Waals surface area contributed by atoms with Crippen molar-refractivity contribution in [2.24, 2.45) is 0 Å². The summed E-state index contributed by atoms with van der Waals surface area (Å²) in [4.78, 5) is 10.2. The SMILES string of the molecule is Cl.Cl.O=c1cccn[nH]1. The molecular weight excluding hydrogens is 163 g/mol. The molecule has 0 aliphatic heterocycles. The summed E-state index contributed by atoms with van der Waals surface area (Å²) in [6.07, 6.45) is 1.52. The lowest BCUT2D eigenvalue weighted by molar-refractivity contribution is 0.988. The van der Waals surface area contributed by atoms with E-state index >= 15 is 0 Å². The lowest BCUT2D eigenvalue weighted by atomic mass is 10.6. The molecule has 0 aromatic carbocycles. The summed E-state index contributed by atoms with van der Waals surface area (Å²) in [6.45, 7) is 0. The Kier molecular flexibility index (Phi) is 7.01. The van der Waals surface area contributed by atoms with Crippen LogP contribution in [0.25, 0.3) is 0 Å². The van der Waals surface area contributed by atoms with Gasteiger partial charge in [-0.2, -0.15) is 5.10 Å². The van der Waals surface area contributed by atoms with Crippen LogP contribution in [0.1, 0.15) is 0 Å². The molecule has 0 amide bonds. The summed E-state index contributed by atoms with van der Waals surface area (Å²) in [5, 5.41) is 5.67. The van der Waals surface area contributed by atoms with Gasteiger partial charge >= 0.3 is 0 Å². The number of aromatic nitrogens is 2. The quantitative estimate of drug-likeness (QED) is 0.618. The van der Waals surface area contributed by atoms with Crippen LogP contribution in [0.4, 0.5) is 0 Å². The summed E-state index contributed by atoms with van der Waals surface area (Å²) in [5.74, 6) is 0. The van der Waals surface area contributed by atoms with E-state index in [1.165, 1.54) is 12.3 Å². The van der Waals surface area contributed by atoms with Crippen molar-refractivity contribution in [1.82, 2.24) is 10.2 Å². The molecule has 3 nitrogen and oxygen atoms in total. The van der Waals surface area contributed by atoms with Crippen LogP contribution in [0.15, 0.2) is 23.1 Å². The highest BCUT2D eigenvalue weighted by atomic mass is 35.5. The van der Waals surface area contributed by atoms with Crippen molar-refractivity contribution in [3.05, 3.63) is 28.7 Å². The zero-order valence-electron chi connectivity index (χ0n) is 4.40. The predicted molar refractivity (Wildman–Crippen MR) is 39.4 cm³/mol. The Balaban J connectivity index is 0. The first kappa shape index (κ1) is 11.3. The summed E-state index contributed by atoms with van der Waals surface area (Å²) in [5.41, 5.74) is -0.164. The number of H-pyrrole nitrogens is 1. The third kappa shape index (κ3) is 4.00. The number of rotatable bonds is 0. The van der Waals surface area contributed by atoms with E-state index in [1.54, 1.807) is 6.07 Å². The van der Waals surface area contributed by atoms with Gasteiger partial charge < -0.3 is 0 Å². The molecule has 1 N–H and O–H groups in total. The molecule has 0 radical (unpaired) electrons. The number of aromatic amines is 1. The van der Waals surface area contributed by atoms with Crippen LogP contribution in [-0.2, 0) is 0 Å². The lowest BCUT2D eigenvalue weighted by Crippen LogP contribution is -2.02. The first-order valence-electron chi connectivity index (χ1n) is 1.89. The van der Waals surface area contributed by atoms with E-state index in [4.69, 9.17) is 0 Å². The molecule has 1 heterocycles. The second-order valence-corrected chi connectivity index (χ2v) is 1.11. The maximum atomic E-state index is 10.2. The van der Waals surface area contributed by atoms with Gasteiger partial charge in [-0.25, -0.2) is 5.10 Å². The van der Waals surface area contributed by atoms with E-state index in [2.05, 4.69) is 10.2 Å². The zero-order chi connectivity index (χ0) is 5.11. The maximum Gasteiger partial charge on any atom is 0.264 e. The van der Waals surface area contributed by atoms with E-state index in [0.717, 1.165) is 0 Å². The van der Waals surface area contributed by atoms with Gasteiger partial charge in [0.2, 0.25) is 0 Å². The van der Waals surface area contributed by atoms with E-state index < -0.39 is 0 Å². The minimum atomic E-state index is -0.164. The third-order valence-electron chi connectivity index (χ3n) is 0.583. The van der Waals surface area contributed by atoms with Crippen molar-refractivity contribution < 1.29 is 0 Å². The fourth-order valence-electron chi connectivity index (χ4n) is 0.312. The summed E-state index contributed by atoms with van der Waals surface area (Å²) >= 11 is 0. The average molecular weight is 169 g/mol. The normalized spacial score (nSPS) is 6.67. The maximum absolute atomic E-state index is 10.2. The third-order valence-corrected chi connectivity index (χ3v) is 0.583. The van der Waals surface area contributed by atoms with Gasteiger partial charge in [0.25, 0.3) is 5.56 Å². The molecule has 0 fully saturated rings. The van der Waals surface area contributed by atoms with E-state index in [1.807, 2.05) is 0 Å². The number of nitrogens with zero attached hydrogens (tertiary/aromatic N) is 1. The number of hydrogen-bond acceptors (Lipinski definition) is 2. The minimum absolute atomic E-state index is 0. The van der Waals surface area contributed by atoms with Crippen LogP contribution in [0.3, 0.4) is 0 Å². The highest BCUT2D eigenvalue weighted by Gasteiger charge is 1.70. The van der Waals surface area contributed by atoms with Crippen molar-refractivity contribution in [3.8, 4) is 0 Å². The Morgan fingerprint density at radius 3 is 2.33 bits per heavy atom. The molecular formula is C4H6Cl2N2O. The highest BCUT2D eigenvalue weighted by molar-refractivity contribution is 5.85. The van der Waals surface area contributed by atoms with Crippen molar-refractivity contribution in [2.45, 2.75) is 0 Å². The van der Waals surface area contributed by atoms with Crippen molar-refractivity contribution in [1.29, 1.82) is 0 Å². The molecule has 1 aromatic heterocycles. The van der Waals surface area contributed by atoms with E-state index in [9.17, 15) is 4.79 Å². The Morgan fingerprint density at radius 1 is 1.44 bits per heavy atom. The fourth-order valence-corrected chi connectivity index (χ4v) is 0.312. The molecule has 0 aliphatic rings. The highest BCUT2D eigenvalue weighted by Crippen LogP contribution is 1.60. The largest absolute Gasteiger partial charge is 0.268 e. The Hall–Kier alpha value is -0.540. The van der Waals surface area contributed by atoms with Crippen LogP contribution >= 0.6 is 24.8 Å². The second-order valence-electron chi connectivity index (χ2n) is 1.11. The first-order chi connectivity index (χ1) is 3.39. The average Bonchev–Trinajstić information content (AvgIpc) is 1.69. The number of halogens is 2. The molecule has 0 spiro atoms. The Bertz CT molecular complexity index is 182. The van der Waals surface area contributed by atoms with Gasteiger partial charge in [0.15, 0.2) is 0 Å². The van der Waals surface area contributed by atoms with Crippen molar-refractivity contribution in [3.63, 3.8) is 0 Å². The van der Waals surface area contributed by atoms with Gasteiger partial charge in [-0.15, -0.1) is 24.8 Å². The van der Waals surface area contributed by atoms with Gasteiger partial charge in [0.1, 0.15) is 0 Å². The molecule has 1 rings (SSSR count).